The number of rotatable bonds is 6. The number of hydrogen-bond donors (Lipinski definition) is 1. The smallest absolute Gasteiger partial charge is 0.237 e. The maximum atomic E-state index is 12.7. The van der Waals surface area contributed by atoms with Crippen LogP contribution in [0, 0.1) is 5.41 Å². The lowest BCUT2D eigenvalue weighted by molar-refractivity contribution is -0.138. The molecule has 1 saturated heterocycles. The summed E-state index contributed by atoms with van der Waals surface area (Å²) in [5, 5.41) is 2.90. The summed E-state index contributed by atoms with van der Waals surface area (Å²) >= 11 is 0. The van der Waals surface area contributed by atoms with E-state index in [1.165, 1.54) is 5.56 Å². The molecule has 1 aromatic carbocycles. The maximum Gasteiger partial charge on any atom is 0.237 e. The number of piperazine rings is 1. The second-order valence-corrected chi connectivity index (χ2v) is 8.46. The van der Waals surface area contributed by atoms with Crippen LogP contribution < -0.4 is 5.32 Å². The zero-order chi connectivity index (χ0) is 19.3. The van der Waals surface area contributed by atoms with Gasteiger partial charge in [-0.05, 0) is 23.0 Å². The van der Waals surface area contributed by atoms with Crippen LogP contribution in [0.15, 0.2) is 24.3 Å². The molecular formula is C21H33N3O2. The van der Waals surface area contributed by atoms with Crippen LogP contribution in [-0.2, 0) is 22.6 Å². The monoisotopic (exact) mass is 359 g/mol. The van der Waals surface area contributed by atoms with Gasteiger partial charge >= 0.3 is 0 Å². The van der Waals surface area contributed by atoms with Gasteiger partial charge in [-0.25, -0.2) is 0 Å². The first-order chi connectivity index (χ1) is 12.2. The van der Waals surface area contributed by atoms with Gasteiger partial charge < -0.3 is 10.2 Å². The summed E-state index contributed by atoms with van der Waals surface area (Å²) in [5.41, 5.74) is 2.49. The molecule has 0 saturated carbocycles. The van der Waals surface area contributed by atoms with E-state index in [1.54, 1.807) is 4.90 Å². The van der Waals surface area contributed by atoms with Gasteiger partial charge in [0.25, 0.3) is 0 Å². The van der Waals surface area contributed by atoms with Crippen molar-refractivity contribution < 1.29 is 9.59 Å². The normalized spacial score (nSPS) is 18.5. The van der Waals surface area contributed by atoms with Crippen LogP contribution in [0.5, 0.6) is 0 Å². The Balaban J connectivity index is 1.99. The second-order valence-electron chi connectivity index (χ2n) is 8.46. The number of carbonyl (C=O) groups is 2. The van der Waals surface area contributed by atoms with Crippen molar-refractivity contribution in [3.05, 3.63) is 35.4 Å². The summed E-state index contributed by atoms with van der Waals surface area (Å²) in [6.45, 7) is 11.4. The van der Waals surface area contributed by atoms with E-state index in [4.69, 9.17) is 0 Å². The average molecular weight is 360 g/mol. The van der Waals surface area contributed by atoms with Gasteiger partial charge in [0.05, 0.1) is 12.5 Å². The molecule has 1 N–H and O–H groups in total. The van der Waals surface area contributed by atoms with Crippen molar-refractivity contribution in [2.24, 2.45) is 5.41 Å². The minimum atomic E-state index is -0.375. The molecule has 1 atom stereocenters. The molecule has 1 aliphatic rings. The van der Waals surface area contributed by atoms with Crippen LogP contribution in [0.25, 0.3) is 0 Å². The van der Waals surface area contributed by atoms with Crippen LogP contribution in [0.4, 0.5) is 0 Å². The molecule has 144 valence electrons. The molecule has 1 aliphatic heterocycles. The summed E-state index contributed by atoms with van der Waals surface area (Å²) in [5.74, 6) is -0.0277. The van der Waals surface area contributed by atoms with Gasteiger partial charge in [-0.15, -0.1) is 0 Å². The Labute approximate surface area is 157 Å². The number of benzene rings is 1. The molecule has 1 unspecified atom stereocenters. The molecule has 2 amide bonds. The van der Waals surface area contributed by atoms with Gasteiger partial charge in [-0.1, -0.05) is 52.0 Å². The van der Waals surface area contributed by atoms with Crippen molar-refractivity contribution in [1.29, 1.82) is 0 Å². The first kappa shape index (κ1) is 20.4. The van der Waals surface area contributed by atoms with E-state index in [0.717, 1.165) is 25.1 Å². The van der Waals surface area contributed by atoms with E-state index < -0.39 is 0 Å². The van der Waals surface area contributed by atoms with E-state index in [-0.39, 0.29) is 29.7 Å². The molecule has 5 heteroatoms. The molecule has 0 bridgehead atoms. The highest BCUT2D eigenvalue weighted by atomic mass is 16.2. The van der Waals surface area contributed by atoms with Crippen molar-refractivity contribution in [2.75, 3.05) is 26.7 Å². The van der Waals surface area contributed by atoms with E-state index in [0.29, 0.717) is 13.1 Å². The zero-order valence-corrected chi connectivity index (χ0v) is 16.8. The zero-order valence-electron chi connectivity index (χ0n) is 16.8. The van der Waals surface area contributed by atoms with Crippen LogP contribution >= 0.6 is 0 Å². The average Bonchev–Trinajstić information content (AvgIpc) is 2.57. The summed E-state index contributed by atoms with van der Waals surface area (Å²) in [4.78, 5) is 28.9. The Morgan fingerprint density at radius 3 is 2.42 bits per heavy atom. The highest BCUT2D eigenvalue weighted by Crippen LogP contribution is 2.20. The molecule has 0 radical (unpaired) electrons. The fourth-order valence-electron chi connectivity index (χ4n) is 3.35. The minimum absolute atomic E-state index is 0.00512. The fraction of sp³-hybridized carbons (Fsp3) is 0.619. The molecule has 26 heavy (non-hydrogen) atoms. The Hall–Kier alpha value is -1.88. The van der Waals surface area contributed by atoms with Crippen molar-refractivity contribution >= 4 is 11.8 Å². The van der Waals surface area contributed by atoms with Crippen LogP contribution in [0.1, 0.15) is 45.2 Å². The fourth-order valence-corrected chi connectivity index (χ4v) is 3.35. The van der Waals surface area contributed by atoms with E-state index in [9.17, 15) is 9.59 Å². The summed E-state index contributed by atoms with van der Waals surface area (Å²) in [7, 11) is 1.81. The molecule has 1 heterocycles. The Bertz CT molecular complexity index is 619. The summed E-state index contributed by atoms with van der Waals surface area (Å²) < 4.78 is 0. The van der Waals surface area contributed by atoms with Crippen LogP contribution in [0.2, 0.25) is 0 Å². The van der Waals surface area contributed by atoms with Gasteiger partial charge in [-0.3, -0.25) is 14.5 Å². The van der Waals surface area contributed by atoms with E-state index in [2.05, 4.69) is 62.2 Å². The minimum Gasteiger partial charge on any atom is -0.353 e. The van der Waals surface area contributed by atoms with Crippen molar-refractivity contribution in [3.8, 4) is 0 Å². The van der Waals surface area contributed by atoms with Gasteiger partial charge in [-0.2, -0.15) is 0 Å². The maximum absolute atomic E-state index is 12.7. The first-order valence-electron chi connectivity index (χ1n) is 9.53. The van der Waals surface area contributed by atoms with Crippen molar-refractivity contribution in [2.45, 2.75) is 53.1 Å². The Morgan fingerprint density at radius 2 is 1.85 bits per heavy atom. The lowest BCUT2D eigenvalue weighted by atomic mass is 9.94. The standard InChI is InChI=1S/C21H33N3O2/c1-6-16-7-9-17(10-8-16)14-23(5)19(25)13-18-20(26)22-11-12-24(18)15-21(2,3)4/h7-10,18H,6,11-15H2,1-5H3,(H,22,26). The molecule has 2 rings (SSSR count). The van der Waals surface area contributed by atoms with E-state index in [1.807, 2.05) is 7.05 Å². The number of amides is 2. The van der Waals surface area contributed by atoms with Crippen molar-refractivity contribution in [1.82, 2.24) is 15.1 Å². The largest absolute Gasteiger partial charge is 0.353 e. The van der Waals surface area contributed by atoms with Crippen molar-refractivity contribution in [3.63, 3.8) is 0 Å². The summed E-state index contributed by atoms with van der Waals surface area (Å²) in [6, 6.07) is 7.98. The quantitative estimate of drug-likeness (QED) is 0.849. The van der Waals surface area contributed by atoms with E-state index >= 15 is 0 Å². The molecule has 0 aromatic heterocycles. The molecule has 5 nitrogen and oxygen atoms in total. The highest BCUT2D eigenvalue weighted by Gasteiger charge is 2.34. The molecule has 0 aliphatic carbocycles. The predicted molar refractivity (Wildman–Crippen MR) is 105 cm³/mol. The molecule has 0 spiro atoms. The number of hydrogen-bond acceptors (Lipinski definition) is 3. The summed E-state index contributed by atoms with van der Waals surface area (Å²) in [6.07, 6.45) is 1.24. The number of nitrogens with one attached hydrogen (secondary N) is 1. The predicted octanol–water partition coefficient (Wildman–Crippen LogP) is 2.44. The van der Waals surface area contributed by atoms with Crippen LogP contribution in [-0.4, -0.2) is 54.3 Å². The van der Waals surface area contributed by atoms with Gasteiger partial charge in [0.15, 0.2) is 0 Å². The third kappa shape index (κ3) is 5.84. The number of carbonyl (C=O) groups excluding carboxylic acids is 2. The molecule has 1 aromatic rings. The molecular weight excluding hydrogens is 326 g/mol. The topological polar surface area (TPSA) is 52.7 Å². The van der Waals surface area contributed by atoms with Gasteiger partial charge in [0.2, 0.25) is 11.8 Å². The highest BCUT2D eigenvalue weighted by molar-refractivity contribution is 5.88. The lowest BCUT2D eigenvalue weighted by Gasteiger charge is -2.39. The molecule has 1 fully saturated rings. The van der Waals surface area contributed by atoms with Crippen LogP contribution in [0.3, 0.4) is 0 Å². The van der Waals surface area contributed by atoms with Gasteiger partial charge in [0, 0.05) is 33.2 Å². The SMILES string of the molecule is CCc1ccc(CN(C)C(=O)CC2C(=O)NCCN2CC(C)(C)C)cc1. The second kappa shape index (κ2) is 8.67. The third-order valence-corrected chi connectivity index (χ3v) is 4.76. The third-order valence-electron chi connectivity index (χ3n) is 4.76. The number of nitrogens with zero attached hydrogens (tertiary/aromatic N) is 2. The lowest BCUT2D eigenvalue weighted by Crippen LogP contribution is -2.58. The number of aryl methyl sites for hydroxylation is 1. The van der Waals surface area contributed by atoms with Gasteiger partial charge in [0.1, 0.15) is 0 Å². The Morgan fingerprint density at radius 1 is 1.23 bits per heavy atom. The Kier molecular flexibility index (Phi) is 6.81. The first-order valence-corrected chi connectivity index (χ1v) is 9.53.